The molecule has 0 unspecified atom stereocenters. The van der Waals surface area contributed by atoms with Crippen molar-refractivity contribution < 1.29 is 4.42 Å². The minimum Gasteiger partial charge on any atom is -0.454 e. The SMILES string of the molecule is CC1(C)c2ccccc2Sc2cc3c(cc21)-c1cc2c(oc4ccccc42)c2c1B(c1cccc4c1N2c1ccccc1[Si]4(C)C)N3c1ccc(-c2ccccc2)cc1. The number of nitrogens with zero attached hydrogens (tertiary/aromatic N) is 2. The van der Waals surface area contributed by atoms with Gasteiger partial charge in [-0.2, -0.15) is 0 Å². The molecule has 0 N–H and O–H groups in total. The van der Waals surface area contributed by atoms with Crippen LogP contribution in [-0.4, -0.2) is 14.9 Å². The average molecular weight is 791 g/mol. The van der Waals surface area contributed by atoms with Gasteiger partial charge in [0.25, 0.3) is 0 Å². The highest BCUT2D eigenvalue weighted by atomic mass is 32.2. The predicted molar refractivity (Wildman–Crippen MR) is 252 cm³/mol. The molecule has 8 aromatic carbocycles. The number of hydrogen-bond donors (Lipinski definition) is 0. The van der Waals surface area contributed by atoms with Crippen LogP contribution in [0.3, 0.4) is 0 Å². The predicted octanol–water partition coefficient (Wildman–Crippen LogP) is 11.9. The van der Waals surface area contributed by atoms with Gasteiger partial charge in [-0.05, 0) is 97.6 Å². The Morgan fingerprint density at radius 3 is 2.17 bits per heavy atom. The summed E-state index contributed by atoms with van der Waals surface area (Å²) in [7, 11) is -2.13. The lowest BCUT2D eigenvalue weighted by Crippen LogP contribution is -2.67. The summed E-state index contributed by atoms with van der Waals surface area (Å²) in [6, 6.07) is 61.5. The summed E-state index contributed by atoms with van der Waals surface area (Å²) in [5.74, 6) is 0. The number of anilines is 5. The zero-order valence-electron chi connectivity index (χ0n) is 33.4. The fourth-order valence-electron chi connectivity index (χ4n) is 11.0. The fourth-order valence-corrected chi connectivity index (χ4v) is 15.4. The highest BCUT2D eigenvalue weighted by Gasteiger charge is 2.51. The molecule has 1 aromatic heterocycles. The van der Waals surface area contributed by atoms with Crippen LogP contribution < -0.4 is 31.0 Å². The highest BCUT2D eigenvalue weighted by Crippen LogP contribution is 2.56. The molecule has 0 fully saturated rings. The van der Waals surface area contributed by atoms with Crippen LogP contribution in [0.2, 0.25) is 13.1 Å². The third-order valence-electron chi connectivity index (χ3n) is 13.9. The maximum atomic E-state index is 7.11. The third-order valence-corrected chi connectivity index (χ3v) is 18.5. The topological polar surface area (TPSA) is 19.6 Å². The maximum absolute atomic E-state index is 7.11. The molecule has 0 radical (unpaired) electrons. The Morgan fingerprint density at radius 2 is 1.31 bits per heavy atom. The van der Waals surface area contributed by atoms with Crippen molar-refractivity contribution in [3.63, 3.8) is 0 Å². The number of furan rings is 1. The second-order valence-corrected chi connectivity index (χ2v) is 23.1. The van der Waals surface area contributed by atoms with Gasteiger partial charge in [0, 0.05) is 54.3 Å². The normalized spacial score (nSPS) is 15.9. The van der Waals surface area contributed by atoms with Crippen molar-refractivity contribution in [1.29, 1.82) is 0 Å². The summed E-state index contributed by atoms with van der Waals surface area (Å²) in [4.78, 5) is 7.94. The lowest BCUT2D eigenvalue weighted by molar-refractivity contribution is 0.607. The summed E-state index contributed by atoms with van der Waals surface area (Å²) in [5.41, 5.74) is 18.3. The molecule has 5 heterocycles. The monoisotopic (exact) mass is 790 g/mol. The van der Waals surface area contributed by atoms with E-state index in [4.69, 9.17) is 4.42 Å². The number of benzene rings is 8. The molecule has 0 spiro atoms. The summed E-state index contributed by atoms with van der Waals surface area (Å²) >= 11 is 1.92. The second kappa shape index (κ2) is 11.7. The van der Waals surface area contributed by atoms with E-state index in [1.807, 2.05) is 11.8 Å². The third kappa shape index (κ3) is 4.40. The molecule has 0 aliphatic carbocycles. The Morgan fingerprint density at radius 1 is 0.576 bits per heavy atom. The Balaban J connectivity index is 1.18. The van der Waals surface area contributed by atoms with Gasteiger partial charge in [0.1, 0.15) is 13.7 Å². The van der Waals surface area contributed by atoms with Crippen LogP contribution >= 0.6 is 11.8 Å². The summed E-state index contributed by atoms with van der Waals surface area (Å²) in [6.45, 7) is 9.76. The average Bonchev–Trinajstić information content (AvgIpc) is 3.64. The van der Waals surface area contributed by atoms with Gasteiger partial charge >= 0.3 is 6.85 Å². The van der Waals surface area contributed by atoms with E-state index in [2.05, 4.69) is 200 Å². The van der Waals surface area contributed by atoms with E-state index in [0.29, 0.717) is 0 Å². The summed E-state index contributed by atoms with van der Waals surface area (Å²) in [6.07, 6.45) is 0. The number of rotatable bonds is 2. The van der Waals surface area contributed by atoms with E-state index >= 15 is 0 Å². The van der Waals surface area contributed by atoms with Crippen LogP contribution in [0.15, 0.2) is 178 Å². The van der Waals surface area contributed by atoms with E-state index in [1.165, 1.54) is 92.9 Å². The first-order chi connectivity index (χ1) is 28.8. The number of fused-ring (bicyclic) bond motifs is 12. The Hall–Kier alpha value is -6.21. The van der Waals surface area contributed by atoms with Crippen LogP contribution in [0.4, 0.5) is 28.4 Å². The van der Waals surface area contributed by atoms with Crippen molar-refractivity contribution in [2.24, 2.45) is 0 Å². The molecule has 0 saturated carbocycles. The molecule has 9 aromatic rings. The standard InChI is InChI=1S/C53H39BN2OSSi/c1-53(2)39-18-9-12-22-45(39)58-46-31-43-36(30-40(46)53)37-29-38-35-17-8-11-21-44(35)57-52(38)51-49(37)54(56(43)34-27-25-33(26-28-34)32-15-6-5-7-16-32)41-19-14-24-48-50(41)55(51)42-20-10-13-23-47(42)59(48,3)4/h5-31H,1-4H3. The first kappa shape index (κ1) is 33.7. The van der Waals surface area contributed by atoms with Crippen molar-refractivity contribution in [3.05, 3.63) is 175 Å². The van der Waals surface area contributed by atoms with Crippen LogP contribution in [0.1, 0.15) is 25.0 Å². The van der Waals surface area contributed by atoms with Gasteiger partial charge in [0.2, 0.25) is 0 Å². The molecular formula is C53H39BN2OSSi. The van der Waals surface area contributed by atoms with Gasteiger partial charge in [-0.3, -0.25) is 0 Å². The van der Waals surface area contributed by atoms with Gasteiger partial charge < -0.3 is 14.1 Å². The van der Waals surface area contributed by atoms with E-state index in [-0.39, 0.29) is 12.3 Å². The first-order valence-electron chi connectivity index (χ1n) is 20.7. The molecule has 3 nitrogen and oxygen atoms in total. The molecule has 4 aliphatic heterocycles. The van der Waals surface area contributed by atoms with E-state index in [9.17, 15) is 0 Å². The Bertz CT molecular complexity index is 3280. The molecular weight excluding hydrogens is 752 g/mol. The minimum absolute atomic E-state index is 0.0964. The Kier molecular flexibility index (Phi) is 6.70. The molecule has 280 valence electrons. The molecule has 0 bridgehead atoms. The van der Waals surface area contributed by atoms with E-state index in [1.54, 1.807) is 0 Å². The smallest absolute Gasteiger partial charge is 0.333 e. The minimum atomic E-state index is -2.13. The van der Waals surface area contributed by atoms with Crippen LogP contribution in [0.25, 0.3) is 44.2 Å². The molecule has 13 rings (SSSR count). The zero-order valence-corrected chi connectivity index (χ0v) is 35.2. The van der Waals surface area contributed by atoms with Crippen molar-refractivity contribution >= 4 is 98.4 Å². The zero-order chi connectivity index (χ0) is 39.4. The molecule has 0 amide bonds. The second-order valence-electron chi connectivity index (χ2n) is 17.7. The molecule has 0 atom stereocenters. The maximum Gasteiger partial charge on any atom is 0.333 e. The van der Waals surface area contributed by atoms with Gasteiger partial charge in [-0.1, -0.05) is 154 Å². The van der Waals surface area contributed by atoms with Gasteiger partial charge in [-0.15, -0.1) is 0 Å². The fraction of sp³-hybridized carbons (Fsp3) is 0.0943. The summed E-state index contributed by atoms with van der Waals surface area (Å²) in [5, 5.41) is 5.25. The quantitative estimate of drug-likeness (QED) is 0.162. The number of hydrogen-bond acceptors (Lipinski definition) is 4. The van der Waals surface area contributed by atoms with Gasteiger partial charge in [0.15, 0.2) is 5.58 Å². The molecule has 59 heavy (non-hydrogen) atoms. The number of para-hydroxylation sites is 3. The Labute approximate surface area is 350 Å². The lowest BCUT2D eigenvalue weighted by atomic mass is 9.43. The van der Waals surface area contributed by atoms with Crippen molar-refractivity contribution in [1.82, 2.24) is 0 Å². The van der Waals surface area contributed by atoms with Crippen LogP contribution in [0, 0.1) is 0 Å². The largest absolute Gasteiger partial charge is 0.454 e. The molecule has 6 heteroatoms. The van der Waals surface area contributed by atoms with E-state index < -0.39 is 8.07 Å². The van der Waals surface area contributed by atoms with Crippen molar-refractivity contribution in [3.8, 4) is 22.3 Å². The van der Waals surface area contributed by atoms with Crippen LogP contribution in [-0.2, 0) is 5.41 Å². The van der Waals surface area contributed by atoms with Crippen molar-refractivity contribution in [2.75, 3.05) is 9.71 Å². The lowest BCUT2D eigenvalue weighted by Gasteiger charge is -2.50. The summed E-state index contributed by atoms with van der Waals surface area (Å²) < 4.78 is 7.11. The molecule has 4 aliphatic rings. The molecule has 0 saturated heterocycles. The van der Waals surface area contributed by atoms with E-state index in [0.717, 1.165) is 21.9 Å². The van der Waals surface area contributed by atoms with Gasteiger partial charge in [-0.25, -0.2) is 0 Å². The highest BCUT2D eigenvalue weighted by molar-refractivity contribution is 7.99. The van der Waals surface area contributed by atoms with Crippen molar-refractivity contribution in [2.45, 2.75) is 42.1 Å². The first-order valence-corrected chi connectivity index (χ1v) is 24.5. The van der Waals surface area contributed by atoms with Gasteiger partial charge in [0.05, 0.1) is 5.69 Å². The van der Waals surface area contributed by atoms with Crippen LogP contribution in [0.5, 0.6) is 0 Å².